The van der Waals surface area contributed by atoms with Crippen LogP contribution in [0.2, 0.25) is 0 Å². The van der Waals surface area contributed by atoms with Gasteiger partial charge in [0, 0.05) is 24.1 Å². The van der Waals surface area contributed by atoms with Gasteiger partial charge >= 0.3 is 12.1 Å². The van der Waals surface area contributed by atoms with Gasteiger partial charge in [0.2, 0.25) is 0 Å². The summed E-state index contributed by atoms with van der Waals surface area (Å²) in [6.45, 7) is -0.00740. The molecule has 0 bridgehead atoms. The van der Waals surface area contributed by atoms with E-state index in [-0.39, 0.29) is 31.9 Å². The monoisotopic (exact) mass is 427 g/mol. The summed E-state index contributed by atoms with van der Waals surface area (Å²) >= 11 is 0. The van der Waals surface area contributed by atoms with Gasteiger partial charge in [0.1, 0.15) is 12.4 Å². The Labute approximate surface area is 177 Å². The largest absolute Gasteiger partial charge is 0.489 e. The molecular formula is C24H20F3NO3. The number of hydrogen-bond donors (Lipinski definition) is 0. The maximum Gasteiger partial charge on any atom is 0.471 e. The molecule has 1 spiro atoms. The van der Waals surface area contributed by atoms with Crippen LogP contribution in [0.3, 0.4) is 0 Å². The first-order valence-electron chi connectivity index (χ1n) is 9.86. The van der Waals surface area contributed by atoms with Gasteiger partial charge in [-0.15, -0.1) is 0 Å². The molecule has 0 N–H and O–H groups in total. The van der Waals surface area contributed by atoms with Gasteiger partial charge in [-0.05, 0) is 35.8 Å². The Morgan fingerprint density at radius 2 is 1.74 bits per heavy atom. The highest BCUT2D eigenvalue weighted by Crippen LogP contribution is 2.44. The van der Waals surface area contributed by atoms with Crippen LogP contribution in [0, 0.1) is 0 Å². The Bertz CT molecular complexity index is 1040. The van der Waals surface area contributed by atoms with Crippen LogP contribution in [0.1, 0.15) is 23.1 Å². The molecule has 1 amide bonds. The predicted molar refractivity (Wildman–Crippen MR) is 108 cm³/mol. The molecule has 2 aromatic rings. The zero-order chi connectivity index (χ0) is 22.1. The molecule has 160 valence electrons. The fourth-order valence-corrected chi connectivity index (χ4v) is 4.08. The summed E-state index contributed by atoms with van der Waals surface area (Å²) in [7, 11) is 0. The van der Waals surface area contributed by atoms with Crippen LogP contribution < -0.4 is 4.74 Å². The Hall–Kier alpha value is -3.35. The smallest absolute Gasteiger partial charge is 0.471 e. The van der Waals surface area contributed by atoms with Crippen molar-refractivity contribution in [1.29, 1.82) is 0 Å². The summed E-state index contributed by atoms with van der Waals surface area (Å²) in [6.07, 6.45) is 1.48. The molecule has 1 heterocycles. The fourth-order valence-electron chi connectivity index (χ4n) is 4.08. The Kier molecular flexibility index (Phi) is 5.43. The van der Waals surface area contributed by atoms with Crippen LogP contribution in [0.5, 0.6) is 5.75 Å². The fraction of sp³-hybridized carbons (Fsp3) is 0.250. The number of nitrogens with zero attached hydrogens (tertiary/aromatic N) is 1. The summed E-state index contributed by atoms with van der Waals surface area (Å²) in [5.74, 6) is -1.54. The number of ether oxygens (including phenoxy) is 1. The Morgan fingerprint density at radius 1 is 1.03 bits per heavy atom. The van der Waals surface area contributed by atoms with Crippen molar-refractivity contribution >= 4 is 11.7 Å². The average molecular weight is 427 g/mol. The van der Waals surface area contributed by atoms with Crippen molar-refractivity contribution in [2.75, 3.05) is 6.54 Å². The van der Waals surface area contributed by atoms with Crippen molar-refractivity contribution in [3.63, 3.8) is 0 Å². The van der Waals surface area contributed by atoms with Gasteiger partial charge in [-0.3, -0.25) is 9.59 Å². The number of halogens is 3. The number of rotatable bonds is 3. The number of carbonyl (C=O) groups excluding carboxylic acids is 2. The highest BCUT2D eigenvalue weighted by molar-refractivity contribution is 6.01. The lowest BCUT2D eigenvalue weighted by atomic mass is 9.73. The van der Waals surface area contributed by atoms with Crippen LogP contribution in [0.15, 0.2) is 72.8 Å². The van der Waals surface area contributed by atoms with Crippen LogP contribution in [-0.2, 0) is 28.2 Å². The molecule has 2 aromatic carbocycles. The minimum Gasteiger partial charge on any atom is -0.489 e. The third-order valence-electron chi connectivity index (χ3n) is 5.59. The van der Waals surface area contributed by atoms with E-state index in [1.165, 1.54) is 12.2 Å². The summed E-state index contributed by atoms with van der Waals surface area (Å²) in [5.41, 5.74) is 1.35. The van der Waals surface area contributed by atoms with Crippen LogP contribution in [0.4, 0.5) is 13.2 Å². The molecule has 0 radical (unpaired) electrons. The second-order valence-electron chi connectivity index (χ2n) is 7.65. The minimum absolute atomic E-state index is 0.103. The molecule has 0 saturated carbocycles. The van der Waals surface area contributed by atoms with E-state index in [1.807, 2.05) is 30.3 Å². The average Bonchev–Trinajstić information content (AvgIpc) is 2.92. The predicted octanol–water partition coefficient (Wildman–Crippen LogP) is 4.49. The van der Waals surface area contributed by atoms with Crippen molar-refractivity contribution in [2.24, 2.45) is 0 Å². The second-order valence-corrected chi connectivity index (χ2v) is 7.65. The molecule has 0 atom stereocenters. The zero-order valence-electron chi connectivity index (χ0n) is 16.6. The molecule has 4 rings (SSSR count). The highest BCUT2D eigenvalue weighted by Gasteiger charge is 2.45. The maximum atomic E-state index is 13.1. The second kappa shape index (κ2) is 8.06. The van der Waals surface area contributed by atoms with E-state index in [4.69, 9.17) is 4.74 Å². The van der Waals surface area contributed by atoms with Crippen molar-refractivity contribution in [3.8, 4) is 5.75 Å². The number of ketones is 1. The summed E-state index contributed by atoms with van der Waals surface area (Å²) < 4.78 is 45.5. The van der Waals surface area contributed by atoms with Crippen LogP contribution >= 0.6 is 0 Å². The Balaban J connectivity index is 1.76. The molecule has 0 aromatic heterocycles. The van der Waals surface area contributed by atoms with Crippen LogP contribution in [-0.4, -0.2) is 29.3 Å². The number of benzene rings is 2. The minimum atomic E-state index is -4.95. The third kappa shape index (κ3) is 4.26. The number of amides is 1. The number of allylic oxidation sites excluding steroid dienone is 4. The van der Waals surface area contributed by atoms with Gasteiger partial charge in [0.15, 0.2) is 5.78 Å². The first-order chi connectivity index (χ1) is 14.8. The quantitative estimate of drug-likeness (QED) is 0.725. The molecule has 0 unspecified atom stereocenters. The van der Waals surface area contributed by atoms with E-state index in [9.17, 15) is 22.8 Å². The standard InChI is InChI=1S/C24H20F3NO3/c25-24(26,27)22(30)28-14-13-23(11-9-19(29)10-12-23)21-18(15-28)7-4-8-20(21)31-16-17-5-2-1-3-6-17/h1-12H,13-16H2. The number of carbonyl (C=O) groups is 2. The molecule has 1 aliphatic heterocycles. The molecule has 0 saturated heterocycles. The lowest BCUT2D eigenvalue weighted by Gasteiger charge is -2.31. The third-order valence-corrected chi connectivity index (χ3v) is 5.59. The zero-order valence-corrected chi connectivity index (χ0v) is 16.6. The lowest BCUT2D eigenvalue weighted by molar-refractivity contribution is -0.186. The summed E-state index contributed by atoms with van der Waals surface area (Å²) in [5, 5.41) is 0. The van der Waals surface area contributed by atoms with Crippen molar-refractivity contribution in [3.05, 3.63) is 89.5 Å². The number of fused-ring (bicyclic) bond motifs is 2. The lowest BCUT2D eigenvalue weighted by Crippen LogP contribution is -2.41. The van der Waals surface area contributed by atoms with Gasteiger partial charge in [-0.1, -0.05) is 54.6 Å². The molecule has 7 heteroatoms. The first-order valence-corrected chi connectivity index (χ1v) is 9.86. The number of alkyl halides is 3. The van der Waals surface area contributed by atoms with E-state index in [0.717, 1.165) is 10.5 Å². The molecule has 4 nitrogen and oxygen atoms in total. The van der Waals surface area contributed by atoms with Crippen molar-refractivity contribution in [1.82, 2.24) is 4.90 Å². The van der Waals surface area contributed by atoms with Crippen molar-refractivity contribution < 1.29 is 27.5 Å². The first kappa shape index (κ1) is 20.9. The molecule has 0 fully saturated rings. The number of hydrogen-bond acceptors (Lipinski definition) is 3. The van der Waals surface area contributed by atoms with Gasteiger partial charge in [0.05, 0.1) is 0 Å². The van der Waals surface area contributed by atoms with Gasteiger partial charge in [-0.25, -0.2) is 0 Å². The molecule has 31 heavy (non-hydrogen) atoms. The van der Waals surface area contributed by atoms with E-state index >= 15 is 0 Å². The van der Waals surface area contributed by atoms with E-state index < -0.39 is 17.5 Å². The maximum absolute atomic E-state index is 13.1. The molecule has 2 aliphatic rings. The van der Waals surface area contributed by atoms with E-state index in [1.54, 1.807) is 30.4 Å². The summed E-state index contributed by atoms with van der Waals surface area (Å²) in [6, 6.07) is 14.7. The van der Waals surface area contributed by atoms with Gasteiger partial charge in [-0.2, -0.15) is 13.2 Å². The Morgan fingerprint density at radius 3 is 2.42 bits per heavy atom. The van der Waals surface area contributed by atoms with Crippen molar-refractivity contribution in [2.45, 2.75) is 31.2 Å². The highest BCUT2D eigenvalue weighted by atomic mass is 19.4. The summed E-state index contributed by atoms with van der Waals surface area (Å²) in [4.78, 5) is 24.6. The molecular weight excluding hydrogens is 407 g/mol. The molecule has 1 aliphatic carbocycles. The SMILES string of the molecule is O=C1C=CC2(C=C1)CCN(C(=O)C(F)(F)F)Cc1cccc(OCc3ccccc3)c12. The normalized spacial score (nSPS) is 17.4. The van der Waals surface area contributed by atoms with Crippen LogP contribution in [0.25, 0.3) is 0 Å². The van der Waals surface area contributed by atoms with E-state index in [0.29, 0.717) is 16.9 Å². The van der Waals surface area contributed by atoms with Gasteiger partial charge in [0.25, 0.3) is 0 Å². The topological polar surface area (TPSA) is 46.6 Å². The van der Waals surface area contributed by atoms with E-state index in [2.05, 4.69) is 0 Å². The van der Waals surface area contributed by atoms with Gasteiger partial charge < -0.3 is 9.64 Å².